The molecule has 0 spiro atoms. The minimum atomic E-state index is -0.735. The first-order valence-corrected chi connectivity index (χ1v) is 5.33. The van der Waals surface area contributed by atoms with Gasteiger partial charge in [0.15, 0.2) is 0 Å². The molecule has 1 rings (SSSR count). The smallest absolute Gasteiger partial charge is 0.254 e. The van der Waals surface area contributed by atoms with Gasteiger partial charge < -0.3 is 4.90 Å². The Kier molecular flexibility index (Phi) is 5.27. The molecule has 6 heteroatoms. The van der Waals surface area contributed by atoms with Crippen LogP contribution in [0.2, 0.25) is 0 Å². The molecule has 0 fully saturated rings. The lowest BCUT2D eigenvalue weighted by Gasteiger charge is -2.20. The van der Waals surface area contributed by atoms with Crippen LogP contribution in [0.3, 0.4) is 0 Å². The first kappa shape index (κ1) is 13.6. The Labute approximate surface area is 104 Å². The Morgan fingerprint density at radius 1 is 1.33 bits per heavy atom. The van der Waals surface area contributed by atoms with E-state index < -0.39 is 11.9 Å². The van der Waals surface area contributed by atoms with Gasteiger partial charge in [0.1, 0.15) is 0 Å². The standard InChI is InChI=1S/C12H11FN4O/c13-11-9-10(3-6-16-11)12(18)17(7-1-4-14)8-2-5-15/h3,6,9H,1-2,7-8H2. The number of carbonyl (C=O) groups is 1. The normalized spacial score (nSPS) is 9.28. The number of hydrogen-bond donors (Lipinski definition) is 0. The maximum Gasteiger partial charge on any atom is 0.254 e. The zero-order chi connectivity index (χ0) is 13.4. The molecule has 0 aliphatic rings. The molecule has 92 valence electrons. The van der Waals surface area contributed by atoms with E-state index in [-0.39, 0.29) is 31.5 Å². The van der Waals surface area contributed by atoms with Gasteiger partial charge in [-0.25, -0.2) is 4.98 Å². The average molecular weight is 246 g/mol. The number of aromatic nitrogens is 1. The second-order valence-corrected chi connectivity index (χ2v) is 3.48. The van der Waals surface area contributed by atoms with E-state index in [0.717, 1.165) is 6.07 Å². The Morgan fingerprint density at radius 2 is 1.94 bits per heavy atom. The zero-order valence-corrected chi connectivity index (χ0v) is 9.64. The highest BCUT2D eigenvalue weighted by atomic mass is 19.1. The van der Waals surface area contributed by atoms with Gasteiger partial charge in [0.05, 0.1) is 25.0 Å². The van der Waals surface area contributed by atoms with Crippen molar-refractivity contribution in [2.75, 3.05) is 13.1 Å². The SMILES string of the molecule is N#CCCN(CCC#N)C(=O)c1ccnc(F)c1. The van der Waals surface area contributed by atoms with Gasteiger partial charge in [0, 0.05) is 30.9 Å². The van der Waals surface area contributed by atoms with Crippen LogP contribution in [0, 0.1) is 28.6 Å². The van der Waals surface area contributed by atoms with Gasteiger partial charge in [-0.15, -0.1) is 0 Å². The lowest BCUT2D eigenvalue weighted by atomic mass is 10.2. The summed E-state index contributed by atoms with van der Waals surface area (Å²) < 4.78 is 12.9. The first-order valence-electron chi connectivity index (χ1n) is 5.33. The van der Waals surface area contributed by atoms with Crippen molar-refractivity contribution in [2.45, 2.75) is 12.8 Å². The number of nitriles is 2. The molecular formula is C12H11FN4O. The minimum Gasteiger partial charge on any atom is -0.337 e. The molecule has 1 heterocycles. The molecule has 1 aromatic rings. The zero-order valence-electron chi connectivity index (χ0n) is 9.64. The van der Waals surface area contributed by atoms with Crippen molar-refractivity contribution in [1.82, 2.24) is 9.88 Å². The van der Waals surface area contributed by atoms with E-state index in [2.05, 4.69) is 4.98 Å². The third-order valence-corrected chi connectivity index (χ3v) is 2.25. The molecule has 0 saturated heterocycles. The third-order valence-electron chi connectivity index (χ3n) is 2.25. The molecule has 18 heavy (non-hydrogen) atoms. The van der Waals surface area contributed by atoms with Crippen LogP contribution in [0.5, 0.6) is 0 Å². The fraction of sp³-hybridized carbons (Fsp3) is 0.333. The lowest BCUT2D eigenvalue weighted by molar-refractivity contribution is 0.0761. The summed E-state index contributed by atoms with van der Waals surface area (Å²) in [5.41, 5.74) is 0.165. The van der Waals surface area contributed by atoms with Gasteiger partial charge in [-0.05, 0) is 6.07 Å². The molecule has 0 N–H and O–H groups in total. The highest BCUT2D eigenvalue weighted by Gasteiger charge is 2.15. The van der Waals surface area contributed by atoms with Crippen LogP contribution in [-0.4, -0.2) is 28.9 Å². The number of rotatable bonds is 5. The fourth-order valence-electron chi connectivity index (χ4n) is 1.40. The molecule has 0 bridgehead atoms. The van der Waals surface area contributed by atoms with Crippen LogP contribution in [0.15, 0.2) is 18.3 Å². The Hall–Kier alpha value is -2.47. The van der Waals surface area contributed by atoms with Gasteiger partial charge in [-0.2, -0.15) is 14.9 Å². The molecule has 1 aromatic heterocycles. The van der Waals surface area contributed by atoms with E-state index in [4.69, 9.17) is 10.5 Å². The summed E-state index contributed by atoms with van der Waals surface area (Å²) in [5, 5.41) is 17.0. The largest absolute Gasteiger partial charge is 0.337 e. The predicted octanol–water partition coefficient (Wildman–Crippen LogP) is 1.49. The number of carbonyl (C=O) groups excluding carboxylic acids is 1. The molecule has 5 nitrogen and oxygen atoms in total. The number of hydrogen-bond acceptors (Lipinski definition) is 4. The van der Waals surface area contributed by atoms with Gasteiger partial charge in [-0.3, -0.25) is 4.79 Å². The molecular weight excluding hydrogens is 235 g/mol. The summed E-state index contributed by atoms with van der Waals surface area (Å²) in [6, 6.07) is 6.29. The number of halogens is 1. The van der Waals surface area contributed by atoms with Crippen molar-refractivity contribution in [1.29, 1.82) is 10.5 Å². The predicted molar refractivity (Wildman–Crippen MR) is 60.6 cm³/mol. The molecule has 0 atom stereocenters. The van der Waals surface area contributed by atoms with Crippen LogP contribution in [0.4, 0.5) is 4.39 Å². The molecule has 0 aromatic carbocycles. The van der Waals surface area contributed by atoms with Crippen molar-refractivity contribution < 1.29 is 9.18 Å². The third kappa shape index (κ3) is 3.84. The summed E-state index contributed by atoms with van der Waals surface area (Å²) in [5.74, 6) is -1.14. The Morgan fingerprint density at radius 3 is 2.44 bits per heavy atom. The topological polar surface area (TPSA) is 80.8 Å². The second kappa shape index (κ2) is 6.97. The summed E-state index contributed by atoms with van der Waals surface area (Å²) in [7, 11) is 0. The van der Waals surface area contributed by atoms with Crippen LogP contribution >= 0.6 is 0 Å². The summed E-state index contributed by atoms with van der Waals surface area (Å²) in [4.78, 5) is 16.7. The molecule has 1 amide bonds. The van der Waals surface area contributed by atoms with E-state index in [0.29, 0.717) is 0 Å². The summed E-state index contributed by atoms with van der Waals surface area (Å²) in [6.07, 6.45) is 1.55. The molecule has 0 saturated carbocycles. The Balaban J connectivity index is 2.81. The van der Waals surface area contributed by atoms with Gasteiger partial charge >= 0.3 is 0 Å². The first-order chi connectivity index (χ1) is 8.69. The van der Waals surface area contributed by atoms with Crippen LogP contribution < -0.4 is 0 Å². The fourth-order valence-corrected chi connectivity index (χ4v) is 1.40. The quantitative estimate of drug-likeness (QED) is 0.737. The van der Waals surface area contributed by atoms with E-state index >= 15 is 0 Å². The van der Waals surface area contributed by atoms with Crippen molar-refractivity contribution in [3.05, 3.63) is 29.8 Å². The van der Waals surface area contributed by atoms with E-state index in [1.807, 2.05) is 12.1 Å². The molecule has 0 aliphatic heterocycles. The number of amides is 1. The van der Waals surface area contributed by atoms with Crippen LogP contribution in [-0.2, 0) is 0 Å². The van der Waals surface area contributed by atoms with Gasteiger partial charge in [0.25, 0.3) is 5.91 Å². The molecule has 0 unspecified atom stereocenters. The Bertz CT molecular complexity index is 486. The minimum absolute atomic E-state index is 0.165. The van der Waals surface area contributed by atoms with E-state index in [1.54, 1.807) is 0 Å². The van der Waals surface area contributed by atoms with Crippen molar-refractivity contribution >= 4 is 5.91 Å². The monoisotopic (exact) mass is 246 g/mol. The van der Waals surface area contributed by atoms with Crippen LogP contribution in [0.1, 0.15) is 23.2 Å². The lowest BCUT2D eigenvalue weighted by Crippen LogP contribution is -2.32. The summed E-state index contributed by atoms with van der Waals surface area (Å²) in [6.45, 7) is 0.446. The summed E-state index contributed by atoms with van der Waals surface area (Å²) >= 11 is 0. The molecule has 0 radical (unpaired) electrons. The van der Waals surface area contributed by atoms with Crippen molar-refractivity contribution in [3.8, 4) is 12.1 Å². The van der Waals surface area contributed by atoms with Crippen molar-refractivity contribution in [3.63, 3.8) is 0 Å². The van der Waals surface area contributed by atoms with E-state index in [1.165, 1.54) is 17.2 Å². The van der Waals surface area contributed by atoms with E-state index in [9.17, 15) is 9.18 Å². The molecule has 0 aliphatic carbocycles. The maximum absolute atomic E-state index is 12.9. The van der Waals surface area contributed by atoms with Crippen molar-refractivity contribution in [2.24, 2.45) is 0 Å². The maximum atomic E-state index is 12.9. The highest BCUT2D eigenvalue weighted by molar-refractivity contribution is 5.94. The number of nitrogens with zero attached hydrogens (tertiary/aromatic N) is 4. The second-order valence-electron chi connectivity index (χ2n) is 3.48. The van der Waals surface area contributed by atoms with Gasteiger partial charge in [-0.1, -0.05) is 0 Å². The van der Waals surface area contributed by atoms with Gasteiger partial charge in [0.2, 0.25) is 5.95 Å². The highest BCUT2D eigenvalue weighted by Crippen LogP contribution is 2.07. The number of pyridine rings is 1. The van der Waals surface area contributed by atoms with Crippen LogP contribution in [0.25, 0.3) is 0 Å². The average Bonchev–Trinajstić information content (AvgIpc) is 2.38.